The number of rotatable bonds is 10. The van der Waals surface area contributed by atoms with Crippen molar-refractivity contribution in [2.75, 3.05) is 61.7 Å². The molecule has 0 saturated carbocycles. The number of nitrogens with one attached hydrogen (secondary N) is 4. The van der Waals surface area contributed by atoms with Crippen molar-refractivity contribution in [2.24, 2.45) is 0 Å². The average molecular weight is 581 g/mol. The van der Waals surface area contributed by atoms with Crippen LogP contribution in [-0.2, 0) is 16.4 Å². The van der Waals surface area contributed by atoms with Gasteiger partial charge in [-0.1, -0.05) is 12.1 Å². The van der Waals surface area contributed by atoms with E-state index in [1.54, 1.807) is 45.2 Å². The number of benzene rings is 2. The first-order valence-electron chi connectivity index (χ1n) is 14.0. The second-order valence-electron chi connectivity index (χ2n) is 11.0. The molecular weight excluding hydrogens is 540 g/mol. The number of sulfonamides is 1. The molecule has 5 rings (SSSR count). The number of aromatic nitrogens is 2. The van der Waals surface area contributed by atoms with Crippen molar-refractivity contribution in [3.05, 3.63) is 48.0 Å². The van der Waals surface area contributed by atoms with E-state index in [-0.39, 0.29) is 10.9 Å². The Labute approximate surface area is 242 Å². The van der Waals surface area contributed by atoms with Crippen LogP contribution in [-0.4, -0.2) is 76.2 Å². The Balaban J connectivity index is 1.40. The van der Waals surface area contributed by atoms with Gasteiger partial charge in [0, 0.05) is 49.0 Å². The quantitative estimate of drug-likeness (QED) is 0.278. The molecule has 0 spiro atoms. The zero-order valence-electron chi connectivity index (χ0n) is 24.4. The van der Waals surface area contributed by atoms with Gasteiger partial charge in [-0.2, -0.15) is 9.97 Å². The van der Waals surface area contributed by atoms with Gasteiger partial charge in [0.25, 0.3) is 0 Å². The Morgan fingerprint density at radius 1 is 1.05 bits per heavy atom. The maximum absolute atomic E-state index is 13.0. The standard InChI is InChI=1S/C29H40N8O3S/c1-19(2)35-41(38,39)26-9-7-6-8-24(26)31-28-22-12-15-30-27(22)33-29(34-28)32-23-11-10-21(18-25(23)40-5)37-16-13-20(14-17-37)36(3)4/h6-11,18-20,35H,12-17H2,1-5H3,(H3,30,31,32,33,34). The van der Waals surface area contributed by atoms with Gasteiger partial charge < -0.3 is 30.5 Å². The molecule has 2 aliphatic rings. The van der Waals surface area contributed by atoms with Crippen molar-refractivity contribution in [1.82, 2.24) is 19.6 Å². The predicted molar refractivity (Wildman–Crippen MR) is 165 cm³/mol. The van der Waals surface area contributed by atoms with E-state index in [4.69, 9.17) is 14.7 Å². The van der Waals surface area contributed by atoms with Crippen LogP contribution in [0, 0.1) is 0 Å². The number of nitrogens with zero attached hydrogens (tertiary/aromatic N) is 4. The molecule has 220 valence electrons. The molecule has 1 fully saturated rings. The van der Waals surface area contributed by atoms with Gasteiger partial charge in [0.1, 0.15) is 22.3 Å². The highest BCUT2D eigenvalue weighted by atomic mass is 32.2. The van der Waals surface area contributed by atoms with E-state index < -0.39 is 10.0 Å². The van der Waals surface area contributed by atoms with Gasteiger partial charge in [0.2, 0.25) is 16.0 Å². The number of para-hydroxylation sites is 1. The monoisotopic (exact) mass is 580 g/mol. The maximum Gasteiger partial charge on any atom is 0.242 e. The zero-order chi connectivity index (χ0) is 29.1. The van der Waals surface area contributed by atoms with E-state index in [0.29, 0.717) is 35.1 Å². The summed E-state index contributed by atoms with van der Waals surface area (Å²) in [5.74, 6) is 2.33. The molecule has 41 heavy (non-hydrogen) atoms. The molecule has 0 unspecified atom stereocenters. The molecule has 11 nitrogen and oxygen atoms in total. The first kappa shape index (κ1) is 28.9. The van der Waals surface area contributed by atoms with Crippen LogP contribution in [0.3, 0.4) is 0 Å². The third-order valence-corrected chi connectivity index (χ3v) is 9.20. The highest BCUT2D eigenvalue weighted by molar-refractivity contribution is 7.89. The molecule has 0 radical (unpaired) electrons. The minimum atomic E-state index is -3.72. The average Bonchev–Trinajstić information content (AvgIpc) is 3.42. The molecule has 1 aromatic heterocycles. The van der Waals surface area contributed by atoms with Gasteiger partial charge in [0.15, 0.2) is 0 Å². The van der Waals surface area contributed by atoms with Crippen LogP contribution in [0.1, 0.15) is 32.3 Å². The van der Waals surface area contributed by atoms with Crippen LogP contribution in [0.4, 0.5) is 34.6 Å². The minimum absolute atomic E-state index is 0.161. The van der Waals surface area contributed by atoms with Crippen molar-refractivity contribution in [2.45, 2.75) is 50.1 Å². The lowest BCUT2D eigenvalue weighted by Gasteiger charge is -2.36. The normalized spacial score (nSPS) is 15.6. The number of piperidine rings is 1. The second kappa shape index (κ2) is 12.1. The SMILES string of the molecule is COc1cc(N2CCC(N(C)C)CC2)ccc1Nc1nc2c(c(Nc3ccccc3S(=O)(=O)NC(C)C)n1)CCN2. The molecule has 0 aliphatic carbocycles. The Morgan fingerprint density at radius 2 is 1.80 bits per heavy atom. The van der Waals surface area contributed by atoms with Crippen LogP contribution in [0.5, 0.6) is 5.75 Å². The van der Waals surface area contributed by atoms with Crippen LogP contribution in [0.25, 0.3) is 0 Å². The maximum atomic E-state index is 13.0. The number of anilines is 6. The first-order chi connectivity index (χ1) is 19.6. The van der Waals surface area contributed by atoms with Crippen LogP contribution in [0.2, 0.25) is 0 Å². The number of ether oxygens (including phenoxy) is 1. The zero-order valence-corrected chi connectivity index (χ0v) is 25.2. The highest BCUT2D eigenvalue weighted by Crippen LogP contribution is 2.36. The van der Waals surface area contributed by atoms with Crippen molar-refractivity contribution in [3.8, 4) is 5.75 Å². The Morgan fingerprint density at radius 3 is 2.51 bits per heavy atom. The third kappa shape index (κ3) is 6.50. The summed E-state index contributed by atoms with van der Waals surface area (Å²) in [6, 6.07) is 13.3. The van der Waals surface area contributed by atoms with Gasteiger partial charge in [-0.05, 0) is 71.5 Å². The van der Waals surface area contributed by atoms with E-state index in [1.807, 2.05) is 12.1 Å². The molecule has 4 N–H and O–H groups in total. The molecule has 0 bridgehead atoms. The van der Waals surface area contributed by atoms with Gasteiger partial charge in [0.05, 0.1) is 18.5 Å². The van der Waals surface area contributed by atoms with E-state index in [1.165, 1.54) is 0 Å². The fourth-order valence-corrected chi connectivity index (χ4v) is 6.79. The topological polar surface area (TPSA) is 124 Å². The number of hydrogen-bond acceptors (Lipinski definition) is 10. The predicted octanol–water partition coefficient (Wildman–Crippen LogP) is 4.16. The van der Waals surface area contributed by atoms with Crippen molar-refractivity contribution in [3.63, 3.8) is 0 Å². The lowest BCUT2D eigenvalue weighted by atomic mass is 10.0. The van der Waals surface area contributed by atoms with Gasteiger partial charge in [-0.15, -0.1) is 0 Å². The lowest BCUT2D eigenvalue weighted by molar-refractivity contribution is 0.249. The molecule has 0 amide bonds. The summed E-state index contributed by atoms with van der Waals surface area (Å²) < 4.78 is 34.5. The van der Waals surface area contributed by atoms with Crippen LogP contribution >= 0.6 is 0 Å². The molecule has 0 atom stereocenters. The molecule has 1 saturated heterocycles. The molecule has 2 aliphatic heterocycles. The highest BCUT2D eigenvalue weighted by Gasteiger charge is 2.25. The largest absolute Gasteiger partial charge is 0.494 e. The summed E-state index contributed by atoms with van der Waals surface area (Å²) in [6.45, 7) is 6.30. The Hall–Kier alpha value is -3.61. The Kier molecular flexibility index (Phi) is 8.52. The lowest BCUT2D eigenvalue weighted by Crippen LogP contribution is -2.41. The van der Waals surface area contributed by atoms with E-state index >= 15 is 0 Å². The summed E-state index contributed by atoms with van der Waals surface area (Å²) >= 11 is 0. The smallest absolute Gasteiger partial charge is 0.242 e. The summed E-state index contributed by atoms with van der Waals surface area (Å²) in [7, 11) is 2.22. The summed E-state index contributed by atoms with van der Waals surface area (Å²) in [4.78, 5) is 14.3. The Bertz CT molecular complexity index is 1490. The fraction of sp³-hybridized carbons (Fsp3) is 0.448. The van der Waals surface area contributed by atoms with Gasteiger partial charge >= 0.3 is 0 Å². The molecule has 3 aromatic rings. The molecule has 2 aromatic carbocycles. The van der Waals surface area contributed by atoms with Gasteiger partial charge in [-0.25, -0.2) is 13.1 Å². The molecular formula is C29H40N8O3S. The first-order valence-corrected chi connectivity index (χ1v) is 15.5. The van der Waals surface area contributed by atoms with E-state index in [0.717, 1.165) is 55.8 Å². The number of methoxy groups -OCH3 is 1. The van der Waals surface area contributed by atoms with Crippen molar-refractivity contribution < 1.29 is 13.2 Å². The summed E-state index contributed by atoms with van der Waals surface area (Å²) in [6.07, 6.45) is 2.97. The van der Waals surface area contributed by atoms with E-state index in [2.05, 4.69) is 50.6 Å². The fourth-order valence-electron chi connectivity index (χ4n) is 5.38. The third-order valence-electron chi connectivity index (χ3n) is 7.49. The van der Waals surface area contributed by atoms with Crippen molar-refractivity contribution in [1.29, 1.82) is 0 Å². The van der Waals surface area contributed by atoms with E-state index in [9.17, 15) is 8.42 Å². The minimum Gasteiger partial charge on any atom is -0.494 e. The molecule has 3 heterocycles. The van der Waals surface area contributed by atoms with Crippen LogP contribution < -0.4 is 30.3 Å². The number of hydrogen-bond donors (Lipinski definition) is 4. The number of fused-ring (bicyclic) bond motifs is 1. The van der Waals surface area contributed by atoms with Gasteiger partial charge in [-0.3, -0.25) is 0 Å². The van der Waals surface area contributed by atoms with Crippen molar-refractivity contribution >= 4 is 44.7 Å². The summed E-state index contributed by atoms with van der Waals surface area (Å²) in [5, 5.41) is 9.91. The summed E-state index contributed by atoms with van der Waals surface area (Å²) in [5.41, 5.74) is 3.21. The second-order valence-corrected chi connectivity index (χ2v) is 12.7. The molecule has 12 heteroatoms. The van der Waals surface area contributed by atoms with Crippen LogP contribution in [0.15, 0.2) is 47.4 Å².